The Bertz CT molecular complexity index is 2150. The van der Waals surface area contributed by atoms with Crippen LogP contribution in [0.15, 0.2) is 39.7 Å². The minimum Gasteiger partial charge on any atom is -0.508 e. The molecule has 0 spiro atoms. The number of alkyl halides is 1. The summed E-state index contributed by atoms with van der Waals surface area (Å²) in [6, 6.07) is 7.99. The van der Waals surface area contributed by atoms with Gasteiger partial charge in [-0.3, -0.25) is 9.48 Å². The maximum Gasteiger partial charge on any atom is 0.349 e. The molecule has 5 heterocycles. The van der Waals surface area contributed by atoms with E-state index in [-0.39, 0.29) is 29.0 Å². The number of aryl methyl sites for hydroxylation is 3. The fraction of sp³-hybridized carbons (Fsp3) is 0.600. The van der Waals surface area contributed by atoms with Gasteiger partial charge in [0.1, 0.15) is 33.9 Å². The van der Waals surface area contributed by atoms with Crippen LogP contribution in [0.2, 0.25) is 0 Å². The molecule has 1 fully saturated rings. The molecule has 0 saturated heterocycles. The van der Waals surface area contributed by atoms with Crippen molar-refractivity contribution in [1.29, 1.82) is 0 Å². The number of hydrogen-bond donors (Lipinski definition) is 2. The number of ether oxygens (including phenoxy) is 1. The average Bonchev–Trinajstić information content (AvgIpc) is 3.63. The smallest absolute Gasteiger partial charge is 0.349 e. The average molecular weight is 784 g/mol. The van der Waals surface area contributed by atoms with Crippen LogP contribution in [0, 0.1) is 11.8 Å². The summed E-state index contributed by atoms with van der Waals surface area (Å²) in [6.45, 7) is 11.9. The van der Waals surface area contributed by atoms with Crippen LogP contribution in [-0.4, -0.2) is 50.6 Å². The van der Waals surface area contributed by atoms with Crippen LogP contribution >= 0.6 is 11.6 Å². The molecule has 10 nitrogen and oxygen atoms in total. The molecular weight excluding hydrogens is 726 g/mol. The molecule has 0 unspecified atom stereocenters. The Hall–Kier alpha value is -4.05. The summed E-state index contributed by atoms with van der Waals surface area (Å²) in [6.07, 6.45) is 15.5. The minimum atomic E-state index is -0.616. The van der Waals surface area contributed by atoms with Crippen molar-refractivity contribution < 1.29 is 19.1 Å². The summed E-state index contributed by atoms with van der Waals surface area (Å²) in [5.41, 5.74) is 5.95. The second-order valence-corrected chi connectivity index (χ2v) is 18.5. The number of nitrogens with one attached hydrogen (secondary N) is 1. The molecule has 2 N–H and O–H groups in total. The van der Waals surface area contributed by atoms with Gasteiger partial charge >= 0.3 is 5.63 Å². The molecule has 8 rings (SSSR count). The third-order valence-corrected chi connectivity index (χ3v) is 13.7. The number of nitrogens with zero attached hydrogens (tertiary/aromatic N) is 4. The van der Waals surface area contributed by atoms with E-state index >= 15 is 0 Å². The highest BCUT2D eigenvalue weighted by Gasteiger charge is 2.48. The topological polar surface area (TPSA) is 123 Å². The summed E-state index contributed by atoms with van der Waals surface area (Å²) in [7, 11) is 0. The Morgan fingerprint density at radius 1 is 1.07 bits per heavy atom. The number of phenols is 1. The second kappa shape index (κ2) is 15.7. The van der Waals surface area contributed by atoms with Crippen LogP contribution in [0.25, 0.3) is 11.0 Å². The maximum absolute atomic E-state index is 13.3. The number of amides is 1. The molecule has 56 heavy (non-hydrogen) atoms. The zero-order chi connectivity index (χ0) is 39.2. The van der Waals surface area contributed by atoms with Gasteiger partial charge in [-0.1, -0.05) is 38.3 Å². The molecular formula is C45H58ClN5O5. The van der Waals surface area contributed by atoms with Gasteiger partial charge in [0.15, 0.2) is 0 Å². The number of hydrogen-bond acceptors (Lipinski definition) is 8. The molecule has 4 aromatic rings. The first-order valence-electron chi connectivity index (χ1n) is 21.1. The van der Waals surface area contributed by atoms with E-state index in [0.29, 0.717) is 35.4 Å². The molecule has 1 aliphatic carbocycles. The van der Waals surface area contributed by atoms with Gasteiger partial charge in [0, 0.05) is 53.6 Å². The lowest BCUT2D eigenvalue weighted by molar-refractivity contribution is -0.0172. The van der Waals surface area contributed by atoms with E-state index in [1.807, 2.05) is 16.9 Å². The van der Waals surface area contributed by atoms with Gasteiger partial charge in [0.25, 0.3) is 5.91 Å². The SMILES string of the molecule is CC(C)(CCCCCCCl)c1cc(O)c2c(c1)OC(C)(C)[C@@H]1CC[C@@H](CCn3cc(CNC(=O)c4cc5cc6c7c(c5oc4=O)CCCN7CCC6)nn3)C[C@@H]21. The Morgan fingerprint density at radius 2 is 1.88 bits per heavy atom. The Balaban J connectivity index is 0.893. The van der Waals surface area contributed by atoms with E-state index in [1.54, 1.807) is 6.07 Å². The summed E-state index contributed by atoms with van der Waals surface area (Å²) in [4.78, 5) is 28.8. The van der Waals surface area contributed by atoms with Gasteiger partial charge < -0.3 is 24.5 Å². The quantitative estimate of drug-likeness (QED) is 0.0783. The van der Waals surface area contributed by atoms with E-state index in [2.05, 4.69) is 60.4 Å². The van der Waals surface area contributed by atoms with E-state index < -0.39 is 11.5 Å². The number of phenolic OH excluding ortho intramolecular Hbond substituents is 1. The third-order valence-electron chi connectivity index (χ3n) is 13.4. The number of anilines is 1. The lowest BCUT2D eigenvalue weighted by Gasteiger charge is -2.49. The van der Waals surface area contributed by atoms with Crippen molar-refractivity contribution in [3.63, 3.8) is 0 Å². The fourth-order valence-electron chi connectivity index (χ4n) is 10.4. The van der Waals surface area contributed by atoms with Crippen LogP contribution in [0.1, 0.15) is 143 Å². The van der Waals surface area contributed by atoms with Crippen LogP contribution < -0.4 is 20.6 Å². The zero-order valence-electron chi connectivity index (χ0n) is 33.6. The highest BCUT2D eigenvalue weighted by Crippen LogP contribution is 2.56. The maximum atomic E-state index is 13.3. The van der Waals surface area contributed by atoms with E-state index in [9.17, 15) is 14.7 Å². The van der Waals surface area contributed by atoms with E-state index in [4.69, 9.17) is 20.8 Å². The number of benzene rings is 2. The fourth-order valence-corrected chi connectivity index (χ4v) is 10.6. The van der Waals surface area contributed by atoms with Gasteiger partial charge in [-0.05, 0) is 131 Å². The van der Waals surface area contributed by atoms with Gasteiger partial charge in [0.2, 0.25) is 0 Å². The molecule has 4 aliphatic rings. The zero-order valence-corrected chi connectivity index (χ0v) is 34.3. The number of unbranched alkanes of at least 4 members (excludes halogenated alkanes) is 3. The molecule has 1 saturated carbocycles. The van der Waals surface area contributed by atoms with Gasteiger partial charge in [-0.2, -0.15) is 0 Å². The number of rotatable bonds is 13. The van der Waals surface area contributed by atoms with Crippen molar-refractivity contribution in [2.45, 2.75) is 141 Å². The number of aromatic nitrogens is 3. The van der Waals surface area contributed by atoms with Crippen molar-refractivity contribution in [3.05, 3.63) is 74.4 Å². The summed E-state index contributed by atoms with van der Waals surface area (Å²) >= 11 is 5.88. The number of aromatic hydroxyl groups is 1. The van der Waals surface area contributed by atoms with Gasteiger partial charge in [0.05, 0.1) is 12.7 Å². The molecule has 0 radical (unpaired) electrons. The number of carbonyl (C=O) groups is 1. The van der Waals surface area contributed by atoms with Crippen LogP contribution in [-0.2, 0) is 31.3 Å². The van der Waals surface area contributed by atoms with Crippen LogP contribution in [0.5, 0.6) is 11.5 Å². The first-order valence-corrected chi connectivity index (χ1v) is 21.6. The molecule has 1 amide bonds. The molecule has 3 aliphatic heterocycles. The first kappa shape index (κ1) is 38.8. The minimum absolute atomic E-state index is 0.00815. The molecule has 3 atom stereocenters. The van der Waals surface area contributed by atoms with Gasteiger partial charge in [-0.15, -0.1) is 16.7 Å². The molecule has 2 aromatic carbocycles. The Kier molecular flexibility index (Phi) is 10.9. The predicted molar refractivity (Wildman–Crippen MR) is 220 cm³/mol. The third kappa shape index (κ3) is 7.67. The largest absolute Gasteiger partial charge is 0.508 e. The first-order chi connectivity index (χ1) is 26.9. The summed E-state index contributed by atoms with van der Waals surface area (Å²) in [5.74, 6) is 2.46. The van der Waals surface area contributed by atoms with Crippen molar-refractivity contribution in [2.24, 2.45) is 11.8 Å². The Labute approximate surface area is 335 Å². The van der Waals surface area contributed by atoms with Crippen LogP contribution in [0.3, 0.4) is 0 Å². The van der Waals surface area contributed by atoms with Crippen LogP contribution in [0.4, 0.5) is 5.69 Å². The lowest BCUT2D eigenvalue weighted by Crippen LogP contribution is -2.47. The second-order valence-electron chi connectivity index (χ2n) is 18.1. The normalized spacial score (nSPS) is 21.2. The molecule has 0 bridgehead atoms. The van der Waals surface area contributed by atoms with E-state index in [0.717, 1.165) is 124 Å². The Morgan fingerprint density at radius 3 is 2.70 bits per heavy atom. The predicted octanol–water partition coefficient (Wildman–Crippen LogP) is 8.95. The lowest BCUT2D eigenvalue weighted by atomic mass is 9.63. The van der Waals surface area contributed by atoms with E-state index in [1.165, 1.54) is 17.7 Å². The highest BCUT2D eigenvalue weighted by molar-refractivity contribution is 6.17. The number of carbonyl (C=O) groups excluding carboxylic acids is 1. The number of halogens is 1. The number of fused-ring (bicyclic) bond motifs is 5. The molecule has 11 heteroatoms. The highest BCUT2D eigenvalue weighted by atomic mass is 35.5. The molecule has 300 valence electrons. The van der Waals surface area contributed by atoms with Crippen molar-refractivity contribution >= 4 is 34.2 Å². The monoisotopic (exact) mass is 783 g/mol. The summed E-state index contributed by atoms with van der Waals surface area (Å²) in [5, 5.41) is 23.9. The van der Waals surface area contributed by atoms with Crippen molar-refractivity contribution in [1.82, 2.24) is 20.3 Å². The standard InChI is InChI=1S/C45H58ClN5O5/c1-44(2,16-7-5-6-8-17-46)31-24-37(52)39-34-21-28(13-14-36(34)45(3,4)56-38(39)25-31)15-20-51-27-32(48-49-51)26-47-42(53)35-23-30-22-29-11-9-18-50-19-10-12-33(40(29)50)41(30)55-43(35)54/h22-25,27-28,34,36,52H,5-21,26H2,1-4H3,(H,47,53)/t28-,34+,36+/m0/s1. The van der Waals surface area contributed by atoms with Crippen molar-refractivity contribution in [2.75, 3.05) is 23.9 Å². The summed E-state index contributed by atoms with van der Waals surface area (Å²) < 4.78 is 14.4. The van der Waals surface area contributed by atoms with Crippen molar-refractivity contribution in [3.8, 4) is 11.5 Å². The molecule has 2 aromatic heterocycles. The van der Waals surface area contributed by atoms with Gasteiger partial charge in [-0.25, -0.2) is 4.79 Å².